The van der Waals surface area contributed by atoms with E-state index in [4.69, 9.17) is 9.26 Å². The van der Waals surface area contributed by atoms with E-state index in [9.17, 15) is 14.7 Å². The molecule has 1 unspecified atom stereocenters. The SMILES string of the molecule is COc1ccc(C(CC(=O)NCc2nc(C)no2)c2c(O)nc3ccccn3c2=O)cc1. The Balaban J connectivity index is 1.70. The highest BCUT2D eigenvalue weighted by molar-refractivity contribution is 5.77. The highest BCUT2D eigenvalue weighted by Gasteiger charge is 2.26. The monoisotopic (exact) mass is 435 g/mol. The van der Waals surface area contributed by atoms with Gasteiger partial charge in [0.15, 0.2) is 5.82 Å². The number of nitrogens with one attached hydrogen (secondary N) is 1. The smallest absolute Gasteiger partial charge is 0.265 e. The molecule has 0 radical (unpaired) electrons. The molecule has 4 aromatic rings. The molecule has 0 saturated carbocycles. The summed E-state index contributed by atoms with van der Waals surface area (Å²) in [5.74, 6) is -0.164. The molecule has 10 nitrogen and oxygen atoms in total. The van der Waals surface area contributed by atoms with Crippen molar-refractivity contribution < 1.29 is 19.2 Å². The summed E-state index contributed by atoms with van der Waals surface area (Å²) in [5, 5.41) is 17.0. The Kier molecular flexibility index (Phi) is 5.84. The Morgan fingerprint density at radius 1 is 1.22 bits per heavy atom. The summed E-state index contributed by atoms with van der Waals surface area (Å²) in [7, 11) is 1.55. The van der Waals surface area contributed by atoms with Crippen LogP contribution in [-0.4, -0.2) is 37.6 Å². The first-order chi connectivity index (χ1) is 15.5. The predicted octanol–water partition coefficient (Wildman–Crippen LogP) is 1.94. The highest BCUT2D eigenvalue weighted by atomic mass is 16.5. The van der Waals surface area contributed by atoms with Crippen molar-refractivity contribution in [3.63, 3.8) is 0 Å². The van der Waals surface area contributed by atoms with E-state index in [1.165, 1.54) is 4.40 Å². The molecule has 1 amide bonds. The first-order valence-corrected chi connectivity index (χ1v) is 9.86. The first kappa shape index (κ1) is 21.0. The molecule has 0 bridgehead atoms. The van der Waals surface area contributed by atoms with E-state index in [0.717, 1.165) is 0 Å². The van der Waals surface area contributed by atoms with Crippen molar-refractivity contribution in [2.75, 3.05) is 7.11 Å². The first-order valence-electron chi connectivity index (χ1n) is 9.86. The van der Waals surface area contributed by atoms with Gasteiger partial charge in [-0.15, -0.1) is 0 Å². The molecule has 3 heterocycles. The van der Waals surface area contributed by atoms with Gasteiger partial charge in [-0.3, -0.25) is 14.0 Å². The third-order valence-electron chi connectivity index (χ3n) is 5.01. The average Bonchev–Trinajstić information content (AvgIpc) is 3.22. The normalized spacial score (nSPS) is 11.9. The molecule has 0 spiro atoms. The van der Waals surface area contributed by atoms with Crippen LogP contribution in [-0.2, 0) is 11.3 Å². The number of amides is 1. The average molecular weight is 435 g/mol. The molecule has 0 saturated heterocycles. The second-order valence-electron chi connectivity index (χ2n) is 7.13. The van der Waals surface area contributed by atoms with E-state index >= 15 is 0 Å². The number of nitrogens with zero attached hydrogens (tertiary/aromatic N) is 4. The summed E-state index contributed by atoms with van der Waals surface area (Å²) in [6.07, 6.45) is 1.46. The number of aromatic nitrogens is 4. The number of fused-ring (bicyclic) bond motifs is 1. The minimum atomic E-state index is -0.748. The van der Waals surface area contributed by atoms with Crippen LogP contribution in [0.1, 0.15) is 35.2 Å². The lowest BCUT2D eigenvalue weighted by Crippen LogP contribution is -2.28. The van der Waals surface area contributed by atoms with Crippen LogP contribution in [0.5, 0.6) is 11.6 Å². The summed E-state index contributed by atoms with van der Waals surface area (Å²) in [5.41, 5.74) is 0.542. The number of rotatable bonds is 7. The van der Waals surface area contributed by atoms with Crippen molar-refractivity contribution in [3.8, 4) is 11.6 Å². The second kappa shape index (κ2) is 8.88. The van der Waals surface area contributed by atoms with Gasteiger partial charge in [-0.25, -0.2) is 0 Å². The van der Waals surface area contributed by atoms with E-state index in [-0.39, 0.29) is 30.3 Å². The van der Waals surface area contributed by atoms with Crippen LogP contribution in [0.15, 0.2) is 58.0 Å². The number of carbonyl (C=O) groups is 1. The van der Waals surface area contributed by atoms with Gasteiger partial charge in [0, 0.05) is 18.5 Å². The number of carbonyl (C=O) groups excluding carboxylic acids is 1. The fourth-order valence-electron chi connectivity index (χ4n) is 3.46. The van der Waals surface area contributed by atoms with Gasteiger partial charge < -0.3 is 19.7 Å². The van der Waals surface area contributed by atoms with Crippen molar-refractivity contribution in [3.05, 3.63) is 81.9 Å². The minimum absolute atomic E-state index is 0.0302. The van der Waals surface area contributed by atoms with Crippen LogP contribution in [0.2, 0.25) is 0 Å². The van der Waals surface area contributed by atoms with Crippen molar-refractivity contribution in [2.45, 2.75) is 25.8 Å². The zero-order valence-corrected chi connectivity index (χ0v) is 17.5. The molecule has 10 heteroatoms. The minimum Gasteiger partial charge on any atom is -0.497 e. The fraction of sp³-hybridized carbons (Fsp3) is 0.227. The molecule has 0 aliphatic rings. The Morgan fingerprint density at radius 2 is 2.00 bits per heavy atom. The third-order valence-corrected chi connectivity index (χ3v) is 5.01. The van der Waals surface area contributed by atoms with Crippen molar-refractivity contribution in [2.24, 2.45) is 0 Å². The van der Waals surface area contributed by atoms with Crippen LogP contribution in [0.3, 0.4) is 0 Å². The second-order valence-corrected chi connectivity index (χ2v) is 7.13. The van der Waals surface area contributed by atoms with Gasteiger partial charge in [0.05, 0.1) is 19.2 Å². The van der Waals surface area contributed by atoms with Gasteiger partial charge in [-0.05, 0) is 36.8 Å². The van der Waals surface area contributed by atoms with Gasteiger partial charge >= 0.3 is 0 Å². The maximum absolute atomic E-state index is 13.2. The molecule has 32 heavy (non-hydrogen) atoms. The standard InChI is InChI=1S/C22H21N5O5/c1-13-24-19(32-26-13)12-23-18(28)11-16(14-6-8-15(31-2)9-7-14)20-21(29)25-17-5-3-4-10-27(17)22(20)30/h3-10,16,29H,11-12H2,1-2H3,(H,23,28). The summed E-state index contributed by atoms with van der Waals surface area (Å²) in [6.45, 7) is 1.73. The van der Waals surface area contributed by atoms with Crippen LogP contribution in [0.25, 0.3) is 5.65 Å². The van der Waals surface area contributed by atoms with E-state index in [1.54, 1.807) is 62.7 Å². The lowest BCUT2D eigenvalue weighted by molar-refractivity contribution is -0.121. The molecule has 4 rings (SSSR count). The number of methoxy groups -OCH3 is 1. The maximum Gasteiger partial charge on any atom is 0.265 e. The molecule has 1 atom stereocenters. The zero-order chi connectivity index (χ0) is 22.7. The molecule has 0 fully saturated rings. The van der Waals surface area contributed by atoms with Gasteiger partial charge in [-0.2, -0.15) is 9.97 Å². The number of ether oxygens (including phenoxy) is 1. The molecule has 1 aromatic carbocycles. The molecule has 2 N–H and O–H groups in total. The zero-order valence-electron chi connectivity index (χ0n) is 17.5. The van der Waals surface area contributed by atoms with Crippen LogP contribution >= 0.6 is 0 Å². The fourth-order valence-corrected chi connectivity index (χ4v) is 3.46. The van der Waals surface area contributed by atoms with E-state index in [2.05, 4.69) is 20.4 Å². The molecular formula is C22H21N5O5. The lowest BCUT2D eigenvalue weighted by atomic mass is 9.89. The Hall–Kier alpha value is -4.21. The van der Waals surface area contributed by atoms with Crippen molar-refractivity contribution >= 4 is 11.6 Å². The highest BCUT2D eigenvalue weighted by Crippen LogP contribution is 2.32. The molecule has 0 aliphatic heterocycles. The van der Waals surface area contributed by atoms with Crippen molar-refractivity contribution in [1.82, 2.24) is 24.8 Å². The van der Waals surface area contributed by atoms with E-state index < -0.39 is 17.4 Å². The Bertz CT molecular complexity index is 1310. The molecule has 164 valence electrons. The largest absolute Gasteiger partial charge is 0.497 e. The van der Waals surface area contributed by atoms with Crippen LogP contribution < -0.4 is 15.6 Å². The number of pyridine rings is 1. The summed E-state index contributed by atoms with van der Waals surface area (Å²) >= 11 is 0. The van der Waals surface area contributed by atoms with Crippen LogP contribution in [0.4, 0.5) is 0 Å². The summed E-state index contributed by atoms with van der Waals surface area (Å²) < 4.78 is 11.5. The summed E-state index contributed by atoms with van der Waals surface area (Å²) in [6, 6.07) is 12.0. The Labute approximate surface area is 182 Å². The van der Waals surface area contributed by atoms with Gasteiger partial charge in [0.1, 0.15) is 11.4 Å². The molecule has 0 aliphatic carbocycles. The number of aromatic hydroxyl groups is 1. The van der Waals surface area contributed by atoms with Crippen molar-refractivity contribution in [1.29, 1.82) is 0 Å². The summed E-state index contributed by atoms with van der Waals surface area (Å²) in [4.78, 5) is 34.2. The number of hydrogen-bond acceptors (Lipinski definition) is 8. The third kappa shape index (κ3) is 4.29. The number of aryl methyl sites for hydroxylation is 1. The van der Waals surface area contributed by atoms with Gasteiger partial charge in [0.25, 0.3) is 5.56 Å². The number of benzene rings is 1. The number of hydrogen-bond donors (Lipinski definition) is 2. The topological polar surface area (TPSA) is 132 Å². The van der Waals surface area contributed by atoms with Gasteiger partial charge in [0.2, 0.25) is 17.7 Å². The Morgan fingerprint density at radius 3 is 2.69 bits per heavy atom. The van der Waals surface area contributed by atoms with Gasteiger partial charge in [-0.1, -0.05) is 23.4 Å². The lowest BCUT2D eigenvalue weighted by Gasteiger charge is -2.18. The van der Waals surface area contributed by atoms with E-state index in [0.29, 0.717) is 22.8 Å². The maximum atomic E-state index is 13.2. The van der Waals surface area contributed by atoms with Crippen LogP contribution in [0, 0.1) is 6.92 Å². The van der Waals surface area contributed by atoms with E-state index in [1.807, 2.05) is 0 Å². The molecule has 3 aromatic heterocycles. The quantitative estimate of drug-likeness (QED) is 0.450. The predicted molar refractivity (Wildman–Crippen MR) is 113 cm³/mol. The molecular weight excluding hydrogens is 414 g/mol.